The summed E-state index contributed by atoms with van der Waals surface area (Å²) in [5, 5.41) is 5.20. The summed E-state index contributed by atoms with van der Waals surface area (Å²) in [6.45, 7) is 1.84. The van der Waals surface area contributed by atoms with Gasteiger partial charge in [-0.2, -0.15) is 0 Å². The third kappa shape index (κ3) is 4.31. The highest BCUT2D eigenvalue weighted by atomic mass is 32.1. The topological polar surface area (TPSA) is 86.5 Å². The average molecular weight is 369 g/mol. The van der Waals surface area contributed by atoms with Gasteiger partial charge in [0.1, 0.15) is 11.5 Å². The first kappa shape index (κ1) is 17.8. The first-order valence-electron chi connectivity index (χ1n) is 7.94. The zero-order valence-corrected chi connectivity index (χ0v) is 15.3. The minimum absolute atomic E-state index is 0.111. The molecule has 0 spiro atoms. The Hall–Kier alpha value is -3.06. The number of amides is 1. The number of hydrogen-bond donors (Lipinski definition) is 2. The van der Waals surface area contributed by atoms with Crippen molar-refractivity contribution in [3.05, 3.63) is 53.4 Å². The summed E-state index contributed by atoms with van der Waals surface area (Å²) in [5.74, 6) is 0.921. The van der Waals surface area contributed by atoms with Crippen LogP contribution in [0.25, 0.3) is 11.3 Å². The molecule has 1 aromatic heterocycles. The normalized spacial score (nSPS) is 10.4. The van der Waals surface area contributed by atoms with Gasteiger partial charge in [-0.15, -0.1) is 11.3 Å². The van der Waals surface area contributed by atoms with E-state index >= 15 is 0 Å². The number of methoxy groups -OCH3 is 1. The maximum absolute atomic E-state index is 12.2. The van der Waals surface area contributed by atoms with Crippen molar-refractivity contribution in [2.45, 2.75) is 6.92 Å². The van der Waals surface area contributed by atoms with E-state index in [9.17, 15) is 4.79 Å². The van der Waals surface area contributed by atoms with Crippen LogP contribution in [0, 0.1) is 6.92 Å². The fourth-order valence-corrected chi connectivity index (χ4v) is 2.99. The molecular formula is C19H19N3O3S. The van der Waals surface area contributed by atoms with Crippen LogP contribution in [-0.4, -0.2) is 24.6 Å². The van der Waals surface area contributed by atoms with Gasteiger partial charge in [0.25, 0.3) is 5.91 Å². The molecule has 3 N–H and O–H groups in total. The molecule has 3 rings (SSSR count). The van der Waals surface area contributed by atoms with Crippen molar-refractivity contribution in [2.24, 2.45) is 0 Å². The second-order valence-electron chi connectivity index (χ2n) is 5.64. The van der Waals surface area contributed by atoms with E-state index < -0.39 is 0 Å². The Morgan fingerprint density at radius 3 is 2.85 bits per heavy atom. The van der Waals surface area contributed by atoms with Gasteiger partial charge in [-0.3, -0.25) is 4.79 Å². The lowest BCUT2D eigenvalue weighted by Crippen LogP contribution is -2.20. The molecule has 0 unspecified atom stereocenters. The number of nitrogens with one attached hydrogen (secondary N) is 1. The highest BCUT2D eigenvalue weighted by Crippen LogP contribution is 2.27. The number of rotatable bonds is 6. The van der Waals surface area contributed by atoms with E-state index in [0.717, 1.165) is 16.8 Å². The average Bonchev–Trinajstić information content (AvgIpc) is 3.07. The molecule has 1 heterocycles. The van der Waals surface area contributed by atoms with Crippen molar-refractivity contribution < 1.29 is 14.3 Å². The minimum Gasteiger partial charge on any atom is -0.495 e. The van der Waals surface area contributed by atoms with Crippen molar-refractivity contribution >= 4 is 28.1 Å². The van der Waals surface area contributed by atoms with Gasteiger partial charge in [-0.1, -0.05) is 18.2 Å². The molecule has 7 heteroatoms. The number of nitrogens with zero attached hydrogens (tertiary/aromatic N) is 1. The molecule has 1 amide bonds. The fraction of sp³-hybridized carbons (Fsp3) is 0.158. The van der Waals surface area contributed by atoms with Gasteiger partial charge in [-0.05, 0) is 36.8 Å². The Morgan fingerprint density at radius 2 is 2.12 bits per heavy atom. The molecule has 134 valence electrons. The summed E-state index contributed by atoms with van der Waals surface area (Å²) in [5.41, 5.74) is 8.99. The van der Waals surface area contributed by atoms with E-state index in [1.165, 1.54) is 11.3 Å². The summed E-state index contributed by atoms with van der Waals surface area (Å²) in [6, 6.07) is 13.0. The number of nitrogens with two attached hydrogens (primary N) is 1. The molecule has 2 aromatic carbocycles. The summed E-state index contributed by atoms with van der Waals surface area (Å²) in [6.07, 6.45) is 0. The first-order chi connectivity index (χ1) is 12.5. The summed E-state index contributed by atoms with van der Waals surface area (Å²) in [4.78, 5) is 16.5. The second kappa shape index (κ2) is 7.88. The zero-order valence-electron chi connectivity index (χ0n) is 14.5. The van der Waals surface area contributed by atoms with Crippen LogP contribution >= 0.6 is 11.3 Å². The second-order valence-corrected chi connectivity index (χ2v) is 6.53. The first-order valence-corrected chi connectivity index (χ1v) is 8.82. The molecule has 0 saturated carbocycles. The van der Waals surface area contributed by atoms with Crippen molar-refractivity contribution in [2.75, 3.05) is 24.8 Å². The number of carbonyl (C=O) groups excluding carboxylic acids is 1. The van der Waals surface area contributed by atoms with E-state index in [4.69, 9.17) is 15.2 Å². The number of nitrogen functional groups attached to an aromatic ring is 1. The lowest BCUT2D eigenvalue weighted by Gasteiger charge is -2.12. The maximum Gasteiger partial charge on any atom is 0.262 e. The number of hydrogen-bond acceptors (Lipinski definition) is 6. The van der Waals surface area contributed by atoms with E-state index in [1.54, 1.807) is 13.2 Å². The number of benzene rings is 2. The van der Waals surface area contributed by atoms with Crippen LogP contribution in [0.4, 0.5) is 10.8 Å². The van der Waals surface area contributed by atoms with Crippen LogP contribution < -0.4 is 20.5 Å². The fourth-order valence-electron chi connectivity index (χ4n) is 2.42. The molecule has 0 atom stereocenters. The lowest BCUT2D eigenvalue weighted by atomic mass is 10.2. The Morgan fingerprint density at radius 1 is 1.27 bits per heavy atom. The van der Waals surface area contributed by atoms with Crippen LogP contribution in [0.15, 0.2) is 47.8 Å². The van der Waals surface area contributed by atoms with E-state index in [2.05, 4.69) is 10.3 Å². The Labute approximate surface area is 155 Å². The molecule has 0 saturated heterocycles. The monoisotopic (exact) mass is 369 g/mol. The van der Waals surface area contributed by atoms with Gasteiger partial charge in [0.2, 0.25) is 0 Å². The molecule has 0 aliphatic heterocycles. The van der Waals surface area contributed by atoms with Gasteiger partial charge in [0.05, 0.1) is 18.5 Å². The third-order valence-electron chi connectivity index (χ3n) is 3.65. The number of anilines is 2. The largest absolute Gasteiger partial charge is 0.495 e. The van der Waals surface area contributed by atoms with Gasteiger partial charge in [0, 0.05) is 10.9 Å². The molecule has 0 radical (unpaired) electrons. The van der Waals surface area contributed by atoms with E-state index in [0.29, 0.717) is 22.3 Å². The molecule has 0 aliphatic rings. The predicted octanol–water partition coefficient (Wildman–Crippen LogP) is 3.73. The predicted molar refractivity (Wildman–Crippen MR) is 104 cm³/mol. The highest BCUT2D eigenvalue weighted by Gasteiger charge is 2.10. The molecule has 6 nitrogen and oxygen atoms in total. The van der Waals surface area contributed by atoms with Gasteiger partial charge >= 0.3 is 0 Å². The van der Waals surface area contributed by atoms with Crippen LogP contribution in [0.2, 0.25) is 0 Å². The summed E-state index contributed by atoms with van der Waals surface area (Å²) >= 11 is 1.38. The van der Waals surface area contributed by atoms with Crippen LogP contribution in [-0.2, 0) is 4.79 Å². The summed E-state index contributed by atoms with van der Waals surface area (Å²) in [7, 11) is 1.56. The van der Waals surface area contributed by atoms with Crippen LogP contribution in [0.5, 0.6) is 11.5 Å². The van der Waals surface area contributed by atoms with Crippen molar-refractivity contribution in [3.63, 3.8) is 0 Å². The Balaban J connectivity index is 1.64. The number of aryl methyl sites for hydroxylation is 1. The minimum atomic E-state index is -0.266. The van der Waals surface area contributed by atoms with Gasteiger partial charge in [0.15, 0.2) is 11.7 Å². The number of aromatic nitrogens is 1. The maximum atomic E-state index is 12.2. The third-order valence-corrected chi connectivity index (χ3v) is 4.32. The molecule has 0 aliphatic carbocycles. The SMILES string of the molecule is COc1ccc(C)cc1NC(=O)COc1cccc(-c2csc(N)n2)c1. The number of carbonyl (C=O) groups is 1. The summed E-state index contributed by atoms with van der Waals surface area (Å²) < 4.78 is 10.9. The number of thiazole rings is 1. The lowest BCUT2D eigenvalue weighted by molar-refractivity contribution is -0.118. The van der Waals surface area contributed by atoms with E-state index in [-0.39, 0.29) is 12.5 Å². The molecule has 0 fully saturated rings. The van der Waals surface area contributed by atoms with E-state index in [1.807, 2.05) is 48.7 Å². The smallest absolute Gasteiger partial charge is 0.262 e. The van der Waals surface area contributed by atoms with Gasteiger partial charge < -0.3 is 20.5 Å². The molecule has 26 heavy (non-hydrogen) atoms. The van der Waals surface area contributed by atoms with Crippen molar-refractivity contribution in [1.29, 1.82) is 0 Å². The zero-order chi connectivity index (χ0) is 18.5. The van der Waals surface area contributed by atoms with Gasteiger partial charge in [-0.25, -0.2) is 4.98 Å². The quantitative estimate of drug-likeness (QED) is 0.691. The Bertz CT molecular complexity index is 924. The van der Waals surface area contributed by atoms with Crippen LogP contribution in [0.1, 0.15) is 5.56 Å². The Kier molecular flexibility index (Phi) is 5.38. The molecule has 0 bridgehead atoms. The molecular weight excluding hydrogens is 350 g/mol. The van der Waals surface area contributed by atoms with Crippen molar-refractivity contribution in [3.8, 4) is 22.8 Å². The highest BCUT2D eigenvalue weighted by molar-refractivity contribution is 7.13. The van der Waals surface area contributed by atoms with Crippen molar-refractivity contribution in [1.82, 2.24) is 4.98 Å². The van der Waals surface area contributed by atoms with Crippen LogP contribution in [0.3, 0.4) is 0 Å². The molecule has 3 aromatic rings. The number of ether oxygens (including phenoxy) is 2. The standard InChI is InChI=1S/C19H19N3O3S/c1-12-6-7-17(24-2)15(8-12)21-18(23)10-25-14-5-3-4-13(9-14)16-11-26-19(20)22-16/h3-9,11H,10H2,1-2H3,(H2,20,22)(H,21,23).